The van der Waals surface area contributed by atoms with Crippen molar-refractivity contribution >= 4 is 17.6 Å². The van der Waals surface area contributed by atoms with E-state index in [9.17, 15) is 9.59 Å². The lowest BCUT2D eigenvalue weighted by Crippen LogP contribution is -2.21. The first kappa shape index (κ1) is 21.8. The average molecular weight is 396 g/mol. The molecule has 2 aromatic carbocycles. The molecule has 7 nitrogen and oxygen atoms in total. The molecule has 2 rings (SSSR count). The molecular weight excluding hydrogens is 372 g/mol. The smallest absolute Gasteiger partial charge is 0.306 e. The van der Waals surface area contributed by atoms with Crippen molar-refractivity contribution in [3.63, 3.8) is 0 Å². The molecule has 0 unspecified atom stereocenters. The lowest BCUT2D eigenvalue weighted by atomic mass is 10.1. The van der Waals surface area contributed by atoms with E-state index in [1.54, 1.807) is 42.5 Å². The van der Waals surface area contributed by atoms with Crippen molar-refractivity contribution in [3.05, 3.63) is 53.6 Å². The SMILES string of the molecule is CCOc1ccc(NC(=O)COC(=O)CCc2ccc(C#N)cc2)cc1OCC. The third-order valence-electron chi connectivity index (χ3n) is 3.89. The Labute approximate surface area is 170 Å². The van der Waals surface area contributed by atoms with Crippen molar-refractivity contribution in [1.82, 2.24) is 0 Å². The summed E-state index contributed by atoms with van der Waals surface area (Å²) in [5.41, 5.74) is 2.01. The Morgan fingerprint density at radius 2 is 1.69 bits per heavy atom. The minimum atomic E-state index is -0.466. The molecule has 0 fully saturated rings. The Bertz CT molecular complexity index is 872. The highest BCUT2D eigenvalue weighted by molar-refractivity contribution is 5.93. The van der Waals surface area contributed by atoms with E-state index in [0.717, 1.165) is 5.56 Å². The molecule has 0 saturated heterocycles. The summed E-state index contributed by atoms with van der Waals surface area (Å²) in [5.74, 6) is 0.225. The predicted octanol–water partition coefficient (Wildman–Crippen LogP) is 3.47. The fourth-order valence-electron chi connectivity index (χ4n) is 2.54. The van der Waals surface area contributed by atoms with Crippen LogP contribution in [0.15, 0.2) is 42.5 Å². The number of benzene rings is 2. The van der Waals surface area contributed by atoms with Crippen LogP contribution in [0.4, 0.5) is 5.69 Å². The van der Waals surface area contributed by atoms with Gasteiger partial charge >= 0.3 is 5.97 Å². The van der Waals surface area contributed by atoms with Crippen molar-refractivity contribution in [3.8, 4) is 17.6 Å². The molecule has 7 heteroatoms. The van der Waals surface area contributed by atoms with Crippen LogP contribution in [0.5, 0.6) is 11.5 Å². The molecule has 0 aromatic heterocycles. The van der Waals surface area contributed by atoms with Gasteiger partial charge in [-0.2, -0.15) is 5.26 Å². The highest BCUT2D eigenvalue weighted by Gasteiger charge is 2.11. The van der Waals surface area contributed by atoms with Gasteiger partial charge in [0.05, 0.1) is 24.8 Å². The fraction of sp³-hybridized carbons (Fsp3) is 0.318. The van der Waals surface area contributed by atoms with Gasteiger partial charge < -0.3 is 19.5 Å². The number of nitriles is 1. The zero-order valence-electron chi connectivity index (χ0n) is 16.6. The molecule has 0 saturated carbocycles. The zero-order valence-corrected chi connectivity index (χ0v) is 16.6. The van der Waals surface area contributed by atoms with E-state index >= 15 is 0 Å². The first-order chi connectivity index (χ1) is 14.0. The first-order valence-electron chi connectivity index (χ1n) is 9.39. The van der Waals surface area contributed by atoms with Crippen molar-refractivity contribution < 1.29 is 23.8 Å². The van der Waals surface area contributed by atoms with Crippen LogP contribution < -0.4 is 14.8 Å². The number of hydrogen-bond acceptors (Lipinski definition) is 6. The Hall–Kier alpha value is -3.53. The number of esters is 1. The molecule has 29 heavy (non-hydrogen) atoms. The van der Waals surface area contributed by atoms with Gasteiger partial charge in [0.2, 0.25) is 0 Å². The van der Waals surface area contributed by atoms with Crippen LogP contribution in [-0.2, 0) is 20.7 Å². The van der Waals surface area contributed by atoms with E-state index in [4.69, 9.17) is 19.5 Å². The number of ether oxygens (including phenoxy) is 3. The highest BCUT2D eigenvalue weighted by atomic mass is 16.5. The summed E-state index contributed by atoms with van der Waals surface area (Å²) < 4.78 is 16.0. The van der Waals surface area contributed by atoms with Crippen molar-refractivity contribution in [2.75, 3.05) is 25.1 Å². The summed E-state index contributed by atoms with van der Waals surface area (Å²) >= 11 is 0. The van der Waals surface area contributed by atoms with Gasteiger partial charge in [-0.3, -0.25) is 9.59 Å². The molecule has 1 N–H and O–H groups in total. The van der Waals surface area contributed by atoms with E-state index in [1.165, 1.54) is 0 Å². The molecule has 0 radical (unpaired) electrons. The van der Waals surface area contributed by atoms with Gasteiger partial charge in [0.1, 0.15) is 0 Å². The van der Waals surface area contributed by atoms with Crippen LogP contribution in [0.3, 0.4) is 0 Å². The van der Waals surface area contributed by atoms with E-state index in [1.807, 2.05) is 19.9 Å². The maximum Gasteiger partial charge on any atom is 0.306 e. The second kappa shape index (κ2) is 11.3. The molecule has 152 valence electrons. The van der Waals surface area contributed by atoms with Crippen LogP contribution in [0.2, 0.25) is 0 Å². The Kier molecular flexibility index (Phi) is 8.51. The van der Waals surface area contributed by atoms with Crippen LogP contribution in [0.25, 0.3) is 0 Å². The molecule has 2 aromatic rings. The Balaban J connectivity index is 1.80. The fourth-order valence-corrected chi connectivity index (χ4v) is 2.54. The summed E-state index contributed by atoms with van der Waals surface area (Å²) in [5, 5.41) is 11.4. The quantitative estimate of drug-likeness (QED) is 0.618. The molecular formula is C22H24N2O5. The maximum absolute atomic E-state index is 12.1. The number of rotatable bonds is 10. The largest absolute Gasteiger partial charge is 0.490 e. The average Bonchev–Trinajstić information content (AvgIpc) is 2.73. The highest BCUT2D eigenvalue weighted by Crippen LogP contribution is 2.30. The van der Waals surface area contributed by atoms with Crippen LogP contribution in [-0.4, -0.2) is 31.7 Å². The van der Waals surface area contributed by atoms with Gasteiger partial charge in [-0.25, -0.2) is 0 Å². The maximum atomic E-state index is 12.1. The van der Waals surface area contributed by atoms with Gasteiger partial charge in [-0.15, -0.1) is 0 Å². The summed E-state index contributed by atoms with van der Waals surface area (Å²) in [7, 11) is 0. The van der Waals surface area contributed by atoms with E-state index in [0.29, 0.717) is 42.4 Å². The van der Waals surface area contributed by atoms with Gasteiger partial charge in [-0.1, -0.05) is 12.1 Å². The number of carbonyl (C=O) groups is 2. The van der Waals surface area contributed by atoms with Crippen LogP contribution >= 0.6 is 0 Å². The topological polar surface area (TPSA) is 97.6 Å². The molecule has 0 aliphatic carbocycles. The number of hydrogen-bond donors (Lipinski definition) is 1. The van der Waals surface area contributed by atoms with Gasteiger partial charge in [0.25, 0.3) is 5.91 Å². The lowest BCUT2D eigenvalue weighted by Gasteiger charge is -2.13. The monoisotopic (exact) mass is 396 g/mol. The Morgan fingerprint density at radius 1 is 1.00 bits per heavy atom. The lowest BCUT2D eigenvalue weighted by molar-refractivity contribution is -0.147. The van der Waals surface area contributed by atoms with Crippen molar-refractivity contribution in [2.45, 2.75) is 26.7 Å². The van der Waals surface area contributed by atoms with Gasteiger partial charge in [-0.05, 0) is 50.1 Å². The third-order valence-corrected chi connectivity index (χ3v) is 3.89. The van der Waals surface area contributed by atoms with E-state index < -0.39 is 11.9 Å². The molecule has 1 amide bonds. The zero-order chi connectivity index (χ0) is 21.1. The van der Waals surface area contributed by atoms with E-state index in [-0.39, 0.29) is 13.0 Å². The number of amides is 1. The molecule has 0 aliphatic heterocycles. The third kappa shape index (κ3) is 7.18. The van der Waals surface area contributed by atoms with E-state index in [2.05, 4.69) is 5.32 Å². The number of carbonyl (C=O) groups excluding carboxylic acids is 2. The number of nitrogens with zero attached hydrogens (tertiary/aromatic N) is 1. The number of aryl methyl sites for hydroxylation is 1. The molecule has 0 aliphatic rings. The number of nitrogens with one attached hydrogen (secondary N) is 1. The summed E-state index contributed by atoms with van der Waals surface area (Å²) in [4.78, 5) is 23.9. The Morgan fingerprint density at radius 3 is 2.34 bits per heavy atom. The minimum Gasteiger partial charge on any atom is -0.490 e. The minimum absolute atomic E-state index is 0.150. The van der Waals surface area contributed by atoms with Crippen LogP contribution in [0, 0.1) is 11.3 Å². The standard InChI is InChI=1S/C22H24N2O5/c1-3-27-19-11-10-18(13-20(19)28-4-2)24-21(25)15-29-22(26)12-9-16-5-7-17(14-23)8-6-16/h5-8,10-11,13H,3-4,9,12,15H2,1-2H3,(H,24,25). The second-order valence-corrected chi connectivity index (χ2v) is 6.05. The summed E-state index contributed by atoms with van der Waals surface area (Å²) in [6.45, 7) is 4.33. The number of anilines is 1. The predicted molar refractivity (Wildman–Crippen MR) is 108 cm³/mol. The molecule has 0 bridgehead atoms. The summed E-state index contributed by atoms with van der Waals surface area (Å²) in [6.07, 6.45) is 0.624. The summed E-state index contributed by atoms with van der Waals surface area (Å²) in [6, 6.07) is 14.1. The van der Waals surface area contributed by atoms with Crippen molar-refractivity contribution in [1.29, 1.82) is 5.26 Å². The second-order valence-electron chi connectivity index (χ2n) is 6.05. The molecule has 0 spiro atoms. The molecule has 0 atom stereocenters. The van der Waals surface area contributed by atoms with Crippen molar-refractivity contribution in [2.24, 2.45) is 0 Å². The van der Waals surface area contributed by atoms with Crippen LogP contribution in [0.1, 0.15) is 31.4 Å². The molecule has 0 heterocycles. The normalized spacial score (nSPS) is 9.97. The first-order valence-corrected chi connectivity index (χ1v) is 9.39. The van der Waals surface area contributed by atoms with Gasteiger partial charge in [0, 0.05) is 18.2 Å². The van der Waals surface area contributed by atoms with Gasteiger partial charge in [0.15, 0.2) is 18.1 Å².